The van der Waals surface area contributed by atoms with Crippen LogP contribution < -0.4 is 5.73 Å². The van der Waals surface area contributed by atoms with Crippen LogP contribution in [-0.2, 0) is 9.63 Å². The van der Waals surface area contributed by atoms with Crippen molar-refractivity contribution in [1.29, 1.82) is 0 Å². The summed E-state index contributed by atoms with van der Waals surface area (Å²) < 4.78 is 12.9. The summed E-state index contributed by atoms with van der Waals surface area (Å²) in [7, 11) is 0. The Labute approximate surface area is 89.7 Å². The van der Waals surface area contributed by atoms with Crippen molar-refractivity contribution in [2.45, 2.75) is 19.7 Å². The smallest absolute Gasteiger partial charge is 0.268 e. The number of nitrogen functional groups attached to an aromatic ring is 1. The monoisotopic (exact) mass is 230 g/mol. The fraction of sp³-hybridized carbons (Fsp3) is 0.375. The fourth-order valence-corrected chi connectivity index (χ4v) is 1.22. The minimum Gasteiger partial charge on any atom is -0.375 e. The molecule has 0 aliphatic carbocycles. The molecular weight excluding hydrogens is 221 g/mol. The molecule has 0 saturated carbocycles. The molecule has 1 rings (SSSR count). The summed E-state index contributed by atoms with van der Waals surface area (Å²) in [5.74, 6) is -1.95. The van der Waals surface area contributed by atoms with E-state index < -0.39 is 5.85 Å². The van der Waals surface area contributed by atoms with Gasteiger partial charge in [-0.25, -0.2) is 4.98 Å². The largest absolute Gasteiger partial charge is 0.375 e. The molecule has 0 atom stereocenters. The van der Waals surface area contributed by atoms with E-state index in [1.807, 2.05) is 0 Å². The predicted octanol–water partition coefficient (Wildman–Crippen LogP) is 1.26. The third-order valence-corrected chi connectivity index (χ3v) is 1.89. The van der Waals surface area contributed by atoms with Crippen LogP contribution in [0.25, 0.3) is 0 Å². The second-order valence-electron chi connectivity index (χ2n) is 3.07. The van der Waals surface area contributed by atoms with Gasteiger partial charge >= 0.3 is 0 Å². The van der Waals surface area contributed by atoms with Crippen LogP contribution in [0.3, 0.4) is 0 Å². The maximum atomic E-state index is 12.9. The molecule has 15 heavy (non-hydrogen) atoms. The van der Waals surface area contributed by atoms with Gasteiger partial charge in [0.15, 0.2) is 10.8 Å². The summed E-state index contributed by atoms with van der Waals surface area (Å²) >= 11 is 1.14. The van der Waals surface area contributed by atoms with E-state index in [9.17, 15) is 9.18 Å². The third kappa shape index (κ3) is 3.62. The Morgan fingerprint density at radius 1 is 1.80 bits per heavy atom. The lowest BCUT2D eigenvalue weighted by molar-refractivity contribution is -0.114. The van der Waals surface area contributed by atoms with Gasteiger partial charge in [0.1, 0.15) is 5.69 Å². The molecule has 1 aromatic heterocycles. The van der Waals surface area contributed by atoms with Gasteiger partial charge in [0.25, 0.3) is 12.1 Å². The highest BCUT2D eigenvalue weighted by Crippen LogP contribution is 2.14. The number of nitrogens with zero attached hydrogens (tertiary/aromatic N) is 2. The number of halogens is 1. The van der Waals surface area contributed by atoms with Crippen LogP contribution in [-0.4, -0.2) is 22.8 Å². The molecule has 1 aromatic rings. The molecule has 0 amide bonds. The molecule has 0 spiro atoms. The van der Waals surface area contributed by atoms with E-state index in [-0.39, 0.29) is 16.5 Å². The number of oxime groups is 1. The first-order valence-electron chi connectivity index (χ1n) is 3.97. The third-order valence-electron chi connectivity index (χ3n) is 1.22. The van der Waals surface area contributed by atoms with E-state index in [4.69, 9.17) is 5.73 Å². The van der Waals surface area contributed by atoms with Crippen LogP contribution >= 0.6 is 11.3 Å². The second-order valence-corrected chi connectivity index (χ2v) is 3.96. The van der Waals surface area contributed by atoms with Gasteiger partial charge in [-0.15, -0.1) is 11.3 Å². The Bertz CT molecular complexity index is 383. The van der Waals surface area contributed by atoms with Crippen molar-refractivity contribution in [3.8, 4) is 0 Å². The zero-order valence-corrected chi connectivity index (χ0v) is 8.97. The molecule has 0 unspecified atom stereocenters. The summed E-state index contributed by atoms with van der Waals surface area (Å²) in [6.45, 7) is 2.32. The summed E-state index contributed by atoms with van der Waals surface area (Å²) in [4.78, 5) is 18.7. The Morgan fingerprint density at radius 2 is 2.47 bits per heavy atom. The number of carbonyl (C=O) groups excluding carboxylic acids is 1. The zero-order chi connectivity index (χ0) is 11.5. The first-order chi connectivity index (χ1) is 6.92. The lowest BCUT2D eigenvalue weighted by Gasteiger charge is -2.10. The molecule has 0 aliphatic rings. The maximum absolute atomic E-state index is 12.9. The number of nitrogens with two attached hydrogens (primary N) is 1. The summed E-state index contributed by atoms with van der Waals surface area (Å²) in [6, 6.07) is 0. The van der Waals surface area contributed by atoms with Crippen molar-refractivity contribution in [3.63, 3.8) is 0 Å². The lowest BCUT2D eigenvalue weighted by atomic mass is 10.3. The first-order valence-corrected chi connectivity index (χ1v) is 4.85. The van der Waals surface area contributed by atoms with Crippen molar-refractivity contribution >= 4 is 28.5 Å². The van der Waals surface area contributed by atoms with Crippen molar-refractivity contribution in [3.05, 3.63) is 11.1 Å². The molecule has 0 saturated heterocycles. The van der Waals surface area contributed by atoms with Crippen LogP contribution in [0.1, 0.15) is 19.5 Å². The predicted molar refractivity (Wildman–Crippen MR) is 55.0 cm³/mol. The zero-order valence-electron chi connectivity index (χ0n) is 8.15. The van der Waals surface area contributed by atoms with Gasteiger partial charge in [0, 0.05) is 19.2 Å². The Morgan fingerprint density at radius 3 is 2.87 bits per heavy atom. The van der Waals surface area contributed by atoms with Crippen LogP contribution in [0.4, 0.5) is 9.52 Å². The van der Waals surface area contributed by atoms with Gasteiger partial charge in [0.05, 0.1) is 0 Å². The summed E-state index contributed by atoms with van der Waals surface area (Å²) in [5, 5.41) is 5.10. The standard InChI is InChI=1S/C8H9FN3O2S/c1-8(2,9)14-12-5(3-13)6-4-15-7(10)11-6/h4H,1-2H3,(H2,10,11). The second kappa shape index (κ2) is 4.35. The highest BCUT2D eigenvalue weighted by molar-refractivity contribution is 7.13. The van der Waals surface area contributed by atoms with Crippen molar-refractivity contribution in [1.82, 2.24) is 4.98 Å². The molecule has 0 bridgehead atoms. The van der Waals surface area contributed by atoms with E-state index in [1.54, 1.807) is 0 Å². The van der Waals surface area contributed by atoms with E-state index >= 15 is 0 Å². The molecule has 1 radical (unpaired) electrons. The molecule has 0 fully saturated rings. The van der Waals surface area contributed by atoms with E-state index in [0.29, 0.717) is 0 Å². The molecule has 81 valence electrons. The Hall–Kier alpha value is -1.50. The lowest BCUT2D eigenvalue weighted by Crippen LogP contribution is -2.16. The number of rotatable bonds is 4. The molecule has 7 heteroatoms. The highest BCUT2D eigenvalue weighted by Gasteiger charge is 2.18. The van der Waals surface area contributed by atoms with Crippen LogP contribution in [0.2, 0.25) is 0 Å². The van der Waals surface area contributed by atoms with Gasteiger partial charge in [-0.05, 0) is 0 Å². The van der Waals surface area contributed by atoms with E-state index in [1.165, 1.54) is 11.7 Å². The van der Waals surface area contributed by atoms with Gasteiger partial charge < -0.3 is 10.6 Å². The topological polar surface area (TPSA) is 77.6 Å². The van der Waals surface area contributed by atoms with E-state index in [2.05, 4.69) is 15.0 Å². The van der Waals surface area contributed by atoms with Crippen molar-refractivity contribution in [2.75, 3.05) is 5.73 Å². The molecule has 2 N–H and O–H groups in total. The van der Waals surface area contributed by atoms with Gasteiger partial charge in [-0.2, -0.15) is 4.39 Å². The molecule has 1 heterocycles. The molecule has 5 nitrogen and oxygen atoms in total. The highest BCUT2D eigenvalue weighted by atomic mass is 32.1. The van der Waals surface area contributed by atoms with Crippen molar-refractivity contribution in [2.24, 2.45) is 5.16 Å². The average Bonchev–Trinajstić information content (AvgIpc) is 2.51. The normalized spacial score (nSPS) is 12.6. The minimum absolute atomic E-state index is 0.214. The quantitative estimate of drug-likeness (QED) is 0.624. The van der Waals surface area contributed by atoms with Crippen LogP contribution in [0, 0.1) is 0 Å². The molecule has 0 aromatic carbocycles. The Balaban J connectivity index is 2.85. The molecular formula is C8H9FN3O2S. The first kappa shape index (κ1) is 11.6. The average molecular weight is 230 g/mol. The number of alkyl halides is 1. The number of aromatic nitrogens is 1. The summed E-state index contributed by atoms with van der Waals surface area (Å²) in [5.41, 5.74) is 5.37. The van der Waals surface area contributed by atoms with Gasteiger partial charge in [-0.1, -0.05) is 5.16 Å². The molecule has 0 aliphatic heterocycles. The maximum Gasteiger partial charge on any atom is 0.268 e. The number of thiazole rings is 1. The SMILES string of the molecule is CC(C)(F)ON=C([C]=O)c1csc(N)n1. The summed E-state index contributed by atoms with van der Waals surface area (Å²) in [6.07, 6.45) is 1.50. The number of anilines is 1. The number of hydrogen-bond acceptors (Lipinski definition) is 6. The Kier molecular flexibility index (Phi) is 3.35. The number of hydrogen-bond donors (Lipinski definition) is 1. The fourth-order valence-electron chi connectivity index (χ4n) is 0.668. The van der Waals surface area contributed by atoms with Gasteiger partial charge in [-0.3, -0.25) is 4.79 Å². The van der Waals surface area contributed by atoms with Gasteiger partial charge in [0.2, 0.25) is 0 Å². The van der Waals surface area contributed by atoms with Crippen molar-refractivity contribution < 1.29 is 14.0 Å². The minimum atomic E-state index is -1.95. The van der Waals surface area contributed by atoms with Crippen LogP contribution in [0.5, 0.6) is 0 Å². The van der Waals surface area contributed by atoms with Crippen LogP contribution in [0.15, 0.2) is 10.5 Å². The van der Waals surface area contributed by atoms with E-state index in [0.717, 1.165) is 25.2 Å².